The molecule has 1 heterocycles. The molecule has 6 heteroatoms. The van der Waals surface area contributed by atoms with Crippen molar-refractivity contribution in [1.29, 1.82) is 0 Å². The highest BCUT2D eigenvalue weighted by Crippen LogP contribution is 2.10. The molecule has 0 radical (unpaired) electrons. The number of primary amides is 1. The second-order valence-electron chi connectivity index (χ2n) is 2.79. The molecule has 0 aliphatic carbocycles. The lowest BCUT2D eigenvalue weighted by Crippen LogP contribution is -2.15. The number of aromatic amines is 1. The van der Waals surface area contributed by atoms with Gasteiger partial charge in [-0.1, -0.05) is 17.8 Å². The fourth-order valence-corrected chi connectivity index (χ4v) is 1.58. The van der Waals surface area contributed by atoms with Crippen molar-refractivity contribution in [3.8, 4) is 0 Å². The van der Waals surface area contributed by atoms with Gasteiger partial charge in [0.25, 0.3) is 5.56 Å². The molecule has 0 bridgehead atoms. The fraction of sp³-hybridized carbons (Fsp3) is 0.222. The van der Waals surface area contributed by atoms with Crippen LogP contribution in [-0.2, 0) is 11.2 Å². The monoisotopic (exact) mass is 225 g/mol. The summed E-state index contributed by atoms with van der Waals surface area (Å²) in [7, 11) is 0. The molecule has 0 aliphatic rings. The number of carbonyl (C=O) groups excluding carboxylic acids is 1. The maximum absolute atomic E-state index is 11.2. The third-order valence-corrected chi connectivity index (χ3v) is 2.37. The van der Waals surface area contributed by atoms with Crippen LogP contribution in [0.3, 0.4) is 0 Å². The number of hydrogen-bond donors (Lipinski definition) is 2. The largest absolute Gasteiger partial charge is 0.369 e. The Morgan fingerprint density at radius 3 is 3.07 bits per heavy atom. The van der Waals surface area contributed by atoms with Gasteiger partial charge in [-0.25, -0.2) is 4.98 Å². The Kier molecular flexibility index (Phi) is 4.11. The number of nitrogens with one attached hydrogen (secondary N) is 1. The average molecular weight is 225 g/mol. The molecule has 5 nitrogen and oxygen atoms in total. The van der Waals surface area contributed by atoms with Crippen LogP contribution in [0.25, 0.3) is 0 Å². The van der Waals surface area contributed by atoms with Crippen LogP contribution in [0, 0.1) is 0 Å². The Morgan fingerprint density at radius 2 is 2.47 bits per heavy atom. The first-order valence-electron chi connectivity index (χ1n) is 4.24. The van der Waals surface area contributed by atoms with Gasteiger partial charge in [-0.2, -0.15) is 0 Å². The molecule has 0 saturated heterocycles. The second-order valence-corrected chi connectivity index (χ2v) is 3.75. The van der Waals surface area contributed by atoms with E-state index in [1.54, 1.807) is 6.08 Å². The van der Waals surface area contributed by atoms with Crippen LogP contribution >= 0.6 is 11.8 Å². The number of H-pyrrole nitrogens is 1. The lowest BCUT2D eigenvalue weighted by Gasteiger charge is -2.00. The Bertz CT molecular complexity index is 428. The number of rotatable bonds is 5. The van der Waals surface area contributed by atoms with Gasteiger partial charge in [0.1, 0.15) is 0 Å². The Balaban J connectivity index is 2.83. The van der Waals surface area contributed by atoms with Gasteiger partial charge in [-0.15, -0.1) is 6.58 Å². The summed E-state index contributed by atoms with van der Waals surface area (Å²) >= 11 is 1.11. The molecule has 1 aromatic rings. The van der Waals surface area contributed by atoms with E-state index >= 15 is 0 Å². The van der Waals surface area contributed by atoms with E-state index in [1.807, 2.05) is 0 Å². The van der Waals surface area contributed by atoms with Crippen molar-refractivity contribution in [1.82, 2.24) is 9.97 Å². The standard InChI is InChI=1S/C9H11N3O2S/c1-2-3-6-4-8(14)12-9(11-6)15-5-7(10)13/h2,4H,1,3,5H2,(H2,10,13)(H,11,12,14). The molecule has 1 rings (SSSR count). The lowest BCUT2D eigenvalue weighted by molar-refractivity contribution is -0.115. The maximum Gasteiger partial charge on any atom is 0.251 e. The summed E-state index contributed by atoms with van der Waals surface area (Å²) in [5.41, 5.74) is 5.36. The number of amides is 1. The van der Waals surface area contributed by atoms with Gasteiger partial charge in [0.05, 0.1) is 11.4 Å². The predicted octanol–water partition coefficient (Wildman–Crippen LogP) is 0.0758. The zero-order valence-electron chi connectivity index (χ0n) is 8.03. The molecule has 0 unspecified atom stereocenters. The summed E-state index contributed by atoms with van der Waals surface area (Å²) in [6.07, 6.45) is 2.18. The van der Waals surface area contributed by atoms with Gasteiger partial charge >= 0.3 is 0 Å². The zero-order valence-corrected chi connectivity index (χ0v) is 8.84. The Labute approximate surface area is 90.8 Å². The first-order chi connectivity index (χ1) is 7.11. The predicted molar refractivity (Wildman–Crippen MR) is 58.7 cm³/mol. The van der Waals surface area contributed by atoms with E-state index in [9.17, 15) is 9.59 Å². The molecule has 1 amide bonds. The van der Waals surface area contributed by atoms with E-state index in [0.717, 1.165) is 11.8 Å². The second kappa shape index (κ2) is 5.35. The van der Waals surface area contributed by atoms with Crippen molar-refractivity contribution in [3.05, 3.63) is 34.8 Å². The number of aromatic nitrogens is 2. The first kappa shape index (κ1) is 11.5. The number of nitrogens with two attached hydrogens (primary N) is 1. The number of carbonyl (C=O) groups is 1. The molecule has 1 aromatic heterocycles. The molecular weight excluding hydrogens is 214 g/mol. The van der Waals surface area contributed by atoms with Crippen molar-refractivity contribution in [2.75, 3.05) is 5.75 Å². The summed E-state index contributed by atoms with van der Waals surface area (Å²) in [6.45, 7) is 3.56. The number of thioether (sulfide) groups is 1. The molecule has 80 valence electrons. The van der Waals surface area contributed by atoms with Crippen molar-refractivity contribution in [2.45, 2.75) is 11.6 Å². The summed E-state index contributed by atoms with van der Waals surface area (Å²) in [6, 6.07) is 1.40. The van der Waals surface area contributed by atoms with Crippen molar-refractivity contribution >= 4 is 17.7 Å². The van der Waals surface area contributed by atoms with E-state index < -0.39 is 5.91 Å². The van der Waals surface area contributed by atoms with Crippen LogP contribution in [0.2, 0.25) is 0 Å². The maximum atomic E-state index is 11.2. The lowest BCUT2D eigenvalue weighted by atomic mass is 10.3. The molecule has 0 aliphatic heterocycles. The van der Waals surface area contributed by atoms with Crippen molar-refractivity contribution in [2.24, 2.45) is 5.73 Å². The molecule has 15 heavy (non-hydrogen) atoms. The minimum Gasteiger partial charge on any atom is -0.369 e. The summed E-state index contributed by atoms with van der Waals surface area (Å²) in [5, 5.41) is 0.401. The van der Waals surface area contributed by atoms with Gasteiger partial charge in [0, 0.05) is 12.5 Å². The van der Waals surface area contributed by atoms with Crippen LogP contribution in [0.1, 0.15) is 5.69 Å². The van der Waals surface area contributed by atoms with E-state index in [2.05, 4.69) is 16.5 Å². The van der Waals surface area contributed by atoms with E-state index in [1.165, 1.54) is 6.07 Å². The summed E-state index contributed by atoms with van der Waals surface area (Å²) in [4.78, 5) is 28.3. The van der Waals surface area contributed by atoms with Crippen LogP contribution in [0.4, 0.5) is 0 Å². The normalized spacial score (nSPS) is 9.87. The van der Waals surface area contributed by atoms with Crippen LogP contribution < -0.4 is 11.3 Å². The highest BCUT2D eigenvalue weighted by molar-refractivity contribution is 7.99. The quantitative estimate of drug-likeness (QED) is 0.422. The van der Waals surface area contributed by atoms with E-state index in [-0.39, 0.29) is 11.3 Å². The molecule has 0 aromatic carbocycles. The zero-order chi connectivity index (χ0) is 11.3. The van der Waals surface area contributed by atoms with Crippen molar-refractivity contribution in [3.63, 3.8) is 0 Å². The smallest absolute Gasteiger partial charge is 0.251 e. The molecule has 0 saturated carbocycles. The molecule has 0 spiro atoms. The third kappa shape index (κ3) is 3.99. The molecule has 0 atom stereocenters. The summed E-state index contributed by atoms with van der Waals surface area (Å²) in [5.74, 6) is -0.350. The fourth-order valence-electron chi connectivity index (χ4n) is 0.944. The van der Waals surface area contributed by atoms with Crippen LogP contribution in [0.15, 0.2) is 28.7 Å². The molecular formula is C9H11N3O2S. The minimum absolute atomic E-state index is 0.0977. The molecule has 3 N–H and O–H groups in total. The van der Waals surface area contributed by atoms with Crippen LogP contribution in [-0.4, -0.2) is 21.6 Å². The highest BCUT2D eigenvalue weighted by Gasteiger charge is 2.02. The van der Waals surface area contributed by atoms with Crippen LogP contribution in [0.5, 0.6) is 0 Å². The van der Waals surface area contributed by atoms with Gasteiger partial charge in [0.2, 0.25) is 5.91 Å². The molecule has 0 fully saturated rings. The average Bonchev–Trinajstić information content (AvgIpc) is 2.14. The van der Waals surface area contributed by atoms with Gasteiger partial charge in [-0.3, -0.25) is 9.59 Å². The topological polar surface area (TPSA) is 88.8 Å². The number of allylic oxidation sites excluding steroid dienone is 1. The van der Waals surface area contributed by atoms with E-state index in [0.29, 0.717) is 17.3 Å². The Morgan fingerprint density at radius 1 is 1.73 bits per heavy atom. The minimum atomic E-state index is -0.447. The van der Waals surface area contributed by atoms with Crippen molar-refractivity contribution < 1.29 is 4.79 Å². The van der Waals surface area contributed by atoms with Gasteiger partial charge < -0.3 is 10.7 Å². The number of hydrogen-bond acceptors (Lipinski definition) is 4. The highest BCUT2D eigenvalue weighted by atomic mass is 32.2. The van der Waals surface area contributed by atoms with Gasteiger partial charge in [-0.05, 0) is 0 Å². The van der Waals surface area contributed by atoms with E-state index in [4.69, 9.17) is 5.73 Å². The third-order valence-electron chi connectivity index (χ3n) is 1.48. The summed E-state index contributed by atoms with van der Waals surface area (Å²) < 4.78 is 0. The first-order valence-corrected chi connectivity index (χ1v) is 5.22. The SMILES string of the molecule is C=CCc1cc(=O)[nH]c(SCC(N)=O)n1. The van der Waals surface area contributed by atoms with Gasteiger partial charge in [0.15, 0.2) is 5.16 Å². The Hall–Kier alpha value is -1.56. The number of nitrogens with zero attached hydrogens (tertiary/aromatic N) is 1.